The molecule has 0 fully saturated rings. The lowest BCUT2D eigenvalue weighted by Crippen LogP contribution is -2.32. The second kappa shape index (κ2) is 7.13. The molecule has 0 radical (unpaired) electrons. The van der Waals surface area contributed by atoms with E-state index in [-0.39, 0.29) is 0 Å². The van der Waals surface area contributed by atoms with Gasteiger partial charge < -0.3 is 15.8 Å². The quantitative estimate of drug-likeness (QED) is 0.546. The Bertz CT molecular complexity index is 246. The molecule has 0 aliphatic heterocycles. The zero-order valence-electron chi connectivity index (χ0n) is 9.72. The molecule has 0 rings (SSSR count). The molecule has 15 heavy (non-hydrogen) atoms. The van der Waals surface area contributed by atoms with Crippen molar-refractivity contribution in [1.29, 1.82) is 0 Å². The number of carbonyl (C=O) groups excluding carboxylic acids is 1. The maximum absolute atomic E-state index is 11.1. The largest absolute Gasteiger partial charge is 0.444 e. The molecule has 0 aromatic heterocycles. The molecule has 0 heterocycles. The highest BCUT2D eigenvalue weighted by molar-refractivity contribution is 5.67. The summed E-state index contributed by atoms with van der Waals surface area (Å²) >= 11 is 0. The molecule has 86 valence electrons. The average Bonchev–Trinajstić information content (AvgIpc) is 2.08. The molecule has 0 unspecified atom stereocenters. The summed E-state index contributed by atoms with van der Waals surface area (Å²) in [4.78, 5) is 11.1. The second-order valence-corrected chi connectivity index (χ2v) is 4.07. The molecule has 0 aromatic rings. The molecule has 0 aromatic carbocycles. The molecule has 0 atom stereocenters. The molecule has 0 saturated heterocycles. The number of hydrogen-bond donors (Lipinski definition) is 2. The van der Waals surface area contributed by atoms with E-state index in [4.69, 9.17) is 10.5 Å². The molecule has 0 aliphatic rings. The highest BCUT2D eigenvalue weighted by Gasteiger charge is 2.14. The minimum Gasteiger partial charge on any atom is -0.444 e. The number of hydrogen-bond acceptors (Lipinski definition) is 3. The Morgan fingerprint density at radius 2 is 1.93 bits per heavy atom. The van der Waals surface area contributed by atoms with Gasteiger partial charge in [0, 0.05) is 25.9 Å². The van der Waals surface area contributed by atoms with Crippen molar-refractivity contribution in [1.82, 2.24) is 5.32 Å². The lowest BCUT2D eigenvalue weighted by molar-refractivity contribution is 0.0529. The Hall–Kier alpha value is -1.21. The Balaban J connectivity index is 3.53. The van der Waals surface area contributed by atoms with Gasteiger partial charge in [0.15, 0.2) is 0 Å². The van der Waals surface area contributed by atoms with Gasteiger partial charge in [-0.05, 0) is 20.8 Å². The van der Waals surface area contributed by atoms with Gasteiger partial charge in [0.05, 0.1) is 0 Å². The molecule has 0 bridgehead atoms. The second-order valence-electron chi connectivity index (χ2n) is 4.07. The van der Waals surface area contributed by atoms with Gasteiger partial charge in [-0.1, -0.05) is 0 Å². The van der Waals surface area contributed by atoms with Crippen LogP contribution in [0.2, 0.25) is 0 Å². The van der Waals surface area contributed by atoms with E-state index in [1.165, 1.54) is 0 Å². The van der Waals surface area contributed by atoms with E-state index in [1.54, 1.807) is 0 Å². The van der Waals surface area contributed by atoms with E-state index < -0.39 is 11.7 Å². The van der Waals surface area contributed by atoms with Crippen LogP contribution in [0.25, 0.3) is 0 Å². The van der Waals surface area contributed by atoms with Gasteiger partial charge >= 0.3 is 6.09 Å². The first-order chi connectivity index (χ1) is 6.95. The molecule has 1 amide bonds. The predicted octanol–water partition coefficient (Wildman–Crippen LogP) is 1.25. The monoisotopic (exact) mass is 212 g/mol. The van der Waals surface area contributed by atoms with Crippen LogP contribution in [-0.4, -0.2) is 24.8 Å². The molecule has 0 spiro atoms. The van der Waals surface area contributed by atoms with E-state index in [0.29, 0.717) is 25.9 Å². The van der Waals surface area contributed by atoms with E-state index in [0.717, 1.165) is 0 Å². The number of ether oxygens (including phenoxy) is 1. The highest BCUT2D eigenvalue weighted by atomic mass is 16.6. The van der Waals surface area contributed by atoms with Crippen molar-refractivity contribution in [3.05, 3.63) is 0 Å². The number of carbonyl (C=O) groups is 1. The molecular weight excluding hydrogens is 192 g/mol. The van der Waals surface area contributed by atoms with Crippen molar-refractivity contribution in [3.8, 4) is 11.8 Å². The van der Waals surface area contributed by atoms with Gasteiger partial charge in [0.25, 0.3) is 0 Å². The Morgan fingerprint density at radius 3 is 2.47 bits per heavy atom. The van der Waals surface area contributed by atoms with Crippen LogP contribution in [0.1, 0.15) is 33.6 Å². The lowest BCUT2D eigenvalue weighted by Gasteiger charge is -2.19. The first-order valence-electron chi connectivity index (χ1n) is 5.08. The van der Waals surface area contributed by atoms with Gasteiger partial charge in [-0.25, -0.2) is 4.79 Å². The fourth-order valence-electron chi connectivity index (χ4n) is 0.790. The molecule has 0 saturated carbocycles. The zero-order chi connectivity index (χ0) is 11.7. The van der Waals surface area contributed by atoms with Gasteiger partial charge in [-0.3, -0.25) is 0 Å². The number of rotatable bonds is 3. The van der Waals surface area contributed by atoms with E-state index >= 15 is 0 Å². The standard InChI is InChI=1S/C11H20N2O2/c1-11(2,3)15-10(14)13-9-7-5-4-6-8-12/h6-9,12H2,1-3H3,(H,13,14). The first-order valence-corrected chi connectivity index (χ1v) is 5.08. The third-order valence-corrected chi connectivity index (χ3v) is 1.31. The number of alkyl carbamates (subject to hydrolysis) is 1. The maximum Gasteiger partial charge on any atom is 0.407 e. The summed E-state index contributed by atoms with van der Waals surface area (Å²) in [5.41, 5.74) is 4.82. The van der Waals surface area contributed by atoms with E-state index in [2.05, 4.69) is 17.2 Å². The minimum atomic E-state index is -0.449. The molecule has 4 heteroatoms. The molecule has 3 N–H and O–H groups in total. The molecular formula is C11H20N2O2. The zero-order valence-corrected chi connectivity index (χ0v) is 9.72. The number of nitrogens with two attached hydrogens (primary N) is 1. The van der Waals surface area contributed by atoms with E-state index in [1.807, 2.05) is 20.8 Å². The van der Waals surface area contributed by atoms with Crippen LogP contribution in [0.3, 0.4) is 0 Å². The normalized spacial score (nSPS) is 10.1. The van der Waals surface area contributed by atoms with Crippen molar-refractivity contribution in [2.75, 3.05) is 13.1 Å². The van der Waals surface area contributed by atoms with Gasteiger partial charge in [-0.15, -0.1) is 11.8 Å². The van der Waals surface area contributed by atoms with Crippen LogP contribution in [0.15, 0.2) is 0 Å². The summed E-state index contributed by atoms with van der Waals surface area (Å²) in [5, 5.41) is 2.62. The summed E-state index contributed by atoms with van der Waals surface area (Å²) in [5.74, 6) is 5.79. The van der Waals surface area contributed by atoms with Crippen molar-refractivity contribution in [2.24, 2.45) is 5.73 Å². The minimum absolute atomic E-state index is 0.400. The van der Waals surface area contributed by atoms with Crippen molar-refractivity contribution >= 4 is 6.09 Å². The maximum atomic E-state index is 11.1. The molecule has 0 aliphatic carbocycles. The number of nitrogens with one attached hydrogen (secondary N) is 1. The summed E-state index contributed by atoms with van der Waals surface area (Å²) in [6, 6.07) is 0. The van der Waals surface area contributed by atoms with Crippen LogP contribution in [0, 0.1) is 11.8 Å². The average molecular weight is 212 g/mol. The Kier molecular flexibility index (Phi) is 6.56. The summed E-state index contributed by atoms with van der Waals surface area (Å²) < 4.78 is 5.05. The van der Waals surface area contributed by atoms with Gasteiger partial charge in [0.1, 0.15) is 5.60 Å². The lowest BCUT2D eigenvalue weighted by atomic mass is 10.2. The number of amides is 1. The SMILES string of the molecule is CC(C)(C)OC(=O)NCCC#CCCN. The fraction of sp³-hybridized carbons (Fsp3) is 0.727. The van der Waals surface area contributed by atoms with Crippen molar-refractivity contribution in [2.45, 2.75) is 39.2 Å². The third kappa shape index (κ3) is 10.7. The summed E-state index contributed by atoms with van der Waals surface area (Å²) in [7, 11) is 0. The summed E-state index contributed by atoms with van der Waals surface area (Å²) in [6.07, 6.45) is 0.925. The fourth-order valence-corrected chi connectivity index (χ4v) is 0.790. The van der Waals surface area contributed by atoms with Gasteiger partial charge in [0.2, 0.25) is 0 Å². The predicted molar refractivity (Wildman–Crippen MR) is 60.3 cm³/mol. The van der Waals surface area contributed by atoms with Crippen LogP contribution in [-0.2, 0) is 4.74 Å². The highest BCUT2D eigenvalue weighted by Crippen LogP contribution is 2.06. The van der Waals surface area contributed by atoms with Crippen LogP contribution in [0.4, 0.5) is 4.79 Å². The Labute approximate surface area is 91.6 Å². The first kappa shape index (κ1) is 13.8. The van der Waals surface area contributed by atoms with Crippen molar-refractivity contribution in [3.63, 3.8) is 0 Å². The topological polar surface area (TPSA) is 64.3 Å². The third-order valence-electron chi connectivity index (χ3n) is 1.31. The van der Waals surface area contributed by atoms with Crippen LogP contribution < -0.4 is 11.1 Å². The summed E-state index contributed by atoms with van der Waals surface area (Å²) in [6.45, 7) is 6.56. The van der Waals surface area contributed by atoms with Gasteiger partial charge in [-0.2, -0.15) is 0 Å². The van der Waals surface area contributed by atoms with E-state index in [9.17, 15) is 4.79 Å². The van der Waals surface area contributed by atoms with Crippen molar-refractivity contribution < 1.29 is 9.53 Å². The Morgan fingerprint density at radius 1 is 1.33 bits per heavy atom. The smallest absolute Gasteiger partial charge is 0.407 e. The van der Waals surface area contributed by atoms with Crippen LogP contribution in [0.5, 0.6) is 0 Å². The molecule has 4 nitrogen and oxygen atoms in total. The van der Waals surface area contributed by atoms with Crippen LogP contribution >= 0.6 is 0 Å².